The van der Waals surface area contributed by atoms with Gasteiger partial charge in [-0.25, -0.2) is 8.42 Å². The van der Waals surface area contributed by atoms with Crippen LogP contribution in [-0.4, -0.2) is 44.7 Å². The van der Waals surface area contributed by atoms with E-state index in [2.05, 4.69) is 0 Å². The van der Waals surface area contributed by atoms with Gasteiger partial charge in [0.05, 0.1) is 17.3 Å². The second-order valence-electron chi connectivity index (χ2n) is 5.90. The highest BCUT2D eigenvalue weighted by atomic mass is 32.2. The molecule has 22 heavy (non-hydrogen) atoms. The van der Waals surface area contributed by atoms with Gasteiger partial charge < -0.3 is 9.64 Å². The van der Waals surface area contributed by atoms with E-state index in [9.17, 15) is 13.2 Å². The van der Waals surface area contributed by atoms with Gasteiger partial charge in [0, 0.05) is 19.0 Å². The maximum Gasteiger partial charge on any atom is 0.225 e. The van der Waals surface area contributed by atoms with Crippen LogP contribution in [0.2, 0.25) is 0 Å². The highest BCUT2D eigenvalue weighted by molar-refractivity contribution is 7.92. The van der Waals surface area contributed by atoms with E-state index in [1.165, 1.54) is 0 Å². The fourth-order valence-corrected chi connectivity index (χ4v) is 4.44. The molecular formula is C16H23NO4S. The van der Waals surface area contributed by atoms with Crippen molar-refractivity contribution in [1.29, 1.82) is 0 Å². The van der Waals surface area contributed by atoms with Gasteiger partial charge in [-0.15, -0.1) is 0 Å². The predicted octanol–water partition coefficient (Wildman–Crippen LogP) is 2.12. The smallest absolute Gasteiger partial charge is 0.225 e. The fraction of sp³-hybridized carbons (Fsp3) is 0.562. The van der Waals surface area contributed by atoms with Crippen molar-refractivity contribution in [2.45, 2.75) is 36.8 Å². The molecular weight excluding hydrogens is 302 g/mol. The monoisotopic (exact) mass is 325 g/mol. The van der Waals surface area contributed by atoms with Crippen LogP contribution in [0.1, 0.15) is 26.7 Å². The van der Waals surface area contributed by atoms with Crippen molar-refractivity contribution in [2.24, 2.45) is 5.92 Å². The zero-order valence-electron chi connectivity index (χ0n) is 13.3. The number of nitrogens with zero attached hydrogens (tertiary/aromatic N) is 1. The Bertz CT molecular complexity index is 614. The molecule has 0 saturated carbocycles. The van der Waals surface area contributed by atoms with Gasteiger partial charge in [-0.3, -0.25) is 4.79 Å². The van der Waals surface area contributed by atoms with E-state index < -0.39 is 15.1 Å². The van der Waals surface area contributed by atoms with Crippen LogP contribution >= 0.6 is 0 Å². The number of benzene rings is 1. The van der Waals surface area contributed by atoms with Gasteiger partial charge in [-0.05, 0) is 37.1 Å². The highest BCUT2D eigenvalue weighted by Gasteiger charge is 2.33. The van der Waals surface area contributed by atoms with Crippen molar-refractivity contribution in [2.75, 3.05) is 20.2 Å². The lowest BCUT2D eigenvalue weighted by molar-refractivity contribution is -0.135. The van der Waals surface area contributed by atoms with Crippen LogP contribution in [0, 0.1) is 5.92 Å². The van der Waals surface area contributed by atoms with E-state index in [4.69, 9.17) is 4.74 Å². The molecule has 0 aromatic heterocycles. The van der Waals surface area contributed by atoms with E-state index in [1.54, 1.807) is 36.3 Å². The number of carbonyl (C=O) groups is 1. The van der Waals surface area contributed by atoms with E-state index in [0.29, 0.717) is 36.6 Å². The van der Waals surface area contributed by atoms with Crippen LogP contribution in [0.3, 0.4) is 0 Å². The average Bonchev–Trinajstić information content (AvgIpc) is 2.54. The maximum absolute atomic E-state index is 12.7. The molecule has 122 valence electrons. The second-order valence-corrected chi connectivity index (χ2v) is 8.13. The van der Waals surface area contributed by atoms with Gasteiger partial charge in [-0.1, -0.05) is 13.8 Å². The first-order valence-electron chi connectivity index (χ1n) is 7.53. The minimum absolute atomic E-state index is 0.0465. The van der Waals surface area contributed by atoms with Crippen LogP contribution in [0.4, 0.5) is 0 Å². The summed E-state index contributed by atoms with van der Waals surface area (Å²) in [6.45, 7) is 4.75. The number of rotatable bonds is 4. The Morgan fingerprint density at radius 1 is 1.18 bits per heavy atom. The Hall–Kier alpha value is -1.56. The molecule has 1 aromatic rings. The van der Waals surface area contributed by atoms with Gasteiger partial charge >= 0.3 is 0 Å². The molecule has 0 spiro atoms. The molecule has 2 rings (SSSR count). The lowest BCUT2D eigenvalue weighted by atomic mass is 10.1. The number of amides is 1. The predicted molar refractivity (Wildman–Crippen MR) is 84.6 cm³/mol. The van der Waals surface area contributed by atoms with E-state index in [-0.39, 0.29) is 11.8 Å². The molecule has 5 nitrogen and oxygen atoms in total. The van der Waals surface area contributed by atoms with Gasteiger partial charge in [-0.2, -0.15) is 0 Å². The molecule has 6 heteroatoms. The summed E-state index contributed by atoms with van der Waals surface area (Å²) in [5.74, 6) is 0.686. The van der Waals surface area contributed by atoms with Crippen molar-refractivity contribution in [3.8, 4) is 5.75 Å². The normalized spacial score (nSPS) is 16.8. The third-order valence-corrected chi connectivity index (χ3v) is 6.35. The lowest BCUT2D eigenvalue weighted by Gasteiger charge is -2.32. The van der Waals surface area contributed by atoms with Crippen LogP contribution < -0.4 is 4.74 Å². The Kier molecular flexibility index (Phi) is 5.11. The van der Waals surface area contributed by atoms with Crippen LogP contribution in [-0.2, 0) is 14.6 Å². The summed E-state index contributed by atoms with van der Waals surface area (Å²) >= 11 is 0. The van der Waals surface area contributed by atoms with Crippen molar-refractivity contribution >= 4 is 15.7 Å². The zero-order chi connectivity index (χ0) is 16.3. The molecule has 0 atom stereocenters. The minimum atomic E-state index is -3.35. The Morgan fingerprint density at radius 3 is 2.18 bits per heavy atom. The summed E-state index contributed by atoms with van der Waals surface area (Å²) in [7, 11) is -1.80. The number of hydrogen-bond donors (Lipinski definition) is 0. The van der Waals surface area contributed by atoms with E-state index in [1.807, 2.05) is 13.8 Å². The summed E-state index contributed by atoms with van der Waals surface area (Å²) < 4.78 is 30.4. The van der Waals surface area contributed by atoms with Crippen molar-refractivity contribution in [3.63, 3.8) is 0 Å². The molecule has 1 amide bonds. The SMILES string of the molecule is COc1ccc(S(=O)(=O)C2CCN(C(=O)C(C)C)CC2)cc1. The first-order valence-corrected chi connectivity index (χ1v) is 9.07. The second kappa shape index (κ2) is 6.69. The van der Waals surface area contributed by atoms with E-state index >= 15 is 0 Å². The number of sulfone groups is 1. The standard InChI is InChI=1S/C16H23NO4S/c1-12(2)16(18)17-10-8-15(9-11-17)22(19,20)14-6-4-13(21-3)5-7-14/h4-7,12,15H,8-11H2,1-3H3. The quantitative estimate of drug-likeness (QED) is 0.850. The summed E-state index contributed by atoms with van der Waals surface area (Å²) in [5.41, 5.74) is 0. The van der Waals surface area contributed by atoms with Crippen LogP contribution in [0.15, 0.2) is 29.2 Å². The number of hydrogen-bond acceptors (Lipinski definition) is 4. The summed E-state index contributed by atoms with van der Waals surface area (Å²) in [6.07, 6.45) is 0.986. The largest absolute Gasteiger partial charge is 0.497 e. The zero-order valence-corrected chi connectivity index (χ0v) is 14.1. The molecule has 0 N–H and O–H groups in total. The van der Waals surface area contributed by atoms with Crippen molar-refractivity contribution in [1.82, 2.24) is 4.90 Å². The molecule has 1 fully saturated rings. The first kappa shape index (κ1) is 16.8. The summed E-state index contributed by atoms with van der Waals surface area (Å²) in [6, 6.07) is 6.48. The maximum atomic E-state index is 12.7. The van der Waals surface area contributed by atoms with Crippen molar-refractivity contribution < 1.29 is 17.9 Å². The number of ether oxygens (including phenoxy) is 1. The molecule has 1 aliphatic rings. The van der Waals surface area contributed by atoms with Crippen molar-refractivity contribution in [3.05, 3.63) is 24.3 Å². The Labute approximate surface area is 132 Å². The molecule has 0 radical (unpaired) electrons. The Morgan fingerprint density at radius 2 is 1.73 bits per heavy atom. The molecule has 1 aliphatic heterocycles. The molecule has 0 bridgehead atoms. The fourth-order valence-electron chi connectivity index (χ4n) is 2.71. The number of piperidine rings is 1. The van der Waals surface area contributed by atoms with E-state index in [0.717, 1.165) is 0 Å². The minimum Gasteiger partial charge on any atom is -0.497 e. The van der Waals surface area contributed by atoms with Crippen LogP contribution in [0.5, 0.6) is 5.75 Å². The molecule has 1 heterocycles. The van der Waals surface area contributed by atoms with Gasteiger partial charge in [0.2, 0.25) is 5.91 Å². The lowest BCUT2D eigenvalue weighted by Crippen LogP contribution is -2.44. The molecule has 1 aromatic carbocycles. The van der Waals surface area contributed by atoms with Gasteiger partial charge in [0.25, 0.3) is 0 Å². The summed E-state index contributed by atoms with van der Waals surface area (Å²) in [5, 5.41) is -0.419. The third-order valence-electron chi connectivity index (χ3n) is 4.07. The number of methoxy groups -OCH3 is 1. The molecule has 1 saturated heterocycles. The molecule has 0 aliphatic carbocycles. The topological polar surface area (TPSA) is 63.7 Å². The molecule has 0 unspecified atom stereocenters. The number of likely N-dealkylation sites (tertiary alicyclic amines) is 1. The van der Waals surface area contributed by atoms with Crippen LogP contribution in [0.25, 0.3) is 0 Å². The summed E-state index contributed by atoms with van der Waals surface area (Å²) in [4.78, 5) is 14.0. The third kappa shape index (κ3) is 3.43. The van der Waals surface area contributed by atoms with Gasteiger partial charge in [0.1, 0.15) is 5.75 Å². The first-order chi connectivity index (χ1) is 10.4. The average molecular weight is 325 g/mol. The Balaban J connectivity index is 2.07. The number of carbonyl (C=O) groups excluding carboxylic acids is 1. The highest BCUT2D eigenvalue weighted by Crippen LogP contribution is 2.26. The van der Waals surface area contributed by atoms with Gasteiger partial charge in [0.15, 0.2) is 9.84 Å².